The molecule has 0 bridgehead atoms. The first-order chi connectivity index (χ1) is 12.3. The van der Waals surface area contributed by atoms with E-state index in [1.807, 2.05) is 22.9 Å². The van der Waals surface area contributed by atoms with Crippen molar-refractivity contribution < 1.29 is 0 Å². The molecule has 0 aliphatic heterocycles. The molecule has 1 fully saturated rings. The van der Waals surface area contributed by atoms with Gasteiger partial charge in [-0.15, -0.1) is 0 Å². The number of aromatic amines is 1. The number of fused-ring (bicyclic) bond motifs is 2. The van der Waals surface area contributed by atoms with Crippen LogP contribution in [0.2, 0.25) is 5.02 Å². The third-order valence-electron chi connectivity index (χ3n) is 4.86. The first-order valence-corrected chi connectivity index (χ1v) is 8.87. The summed E-state index contributed by atoms with van der Waals surface area (Å²) < 4.78 is 2.02. The van der Waals surface area contributed by atoms with Crippen LogP contribution >= 0.6 is 11.6 Å². The Balaban J connectivity index is 1.48. The molecule has 0 spiro atoms. The lowest BCUT2D eigenvalue weighted by atomic mass is 9.85. The normalized spacial score (nSPS) is 14.9. The quantitative estimate of drug-likeness (QED) is 0.567. The maximum atomic E-state index is 6.46. The van der Waals surface area contributed by atoms with Gasteiger partial charge in [-0.2, -0.15) is 10.2 Å². The standard InChI is InChI=1S/C18H17ClN6/c19-14-8-13(21-18-17-15(22-23-18)5-2-6-20-17)7-12-10-25(24-16(12)14)9-11-3-1-4-11/h2,5-8,10-11H,1,3-4,9H2,(H2,21,22,23). The van der Waals surface area contributed by atoms with Crippen LogP contribution in [0.25, 0.3) is 21.9 Å². The molecule has 0 saturated heterocycles. The molecule has 1 aromatic carbocycles. The molecule has 4 aromatic rings. The molecule has 25 heavy (non-hydrogen) atoms. The van der Waals surface area contributed by atoms with Crippen molar-refractivity contribution in [1.82, 2.24) is 25.0 Å². The van der Waals surface area contributed by atoms with Crippen LogP contribution in [-0.4, -0.2) is 25.0 Å². The van der Waals surface area contributed by atoms with Crippen LogP contribution in [-0.2, 0) is 6.54 Å². The van der Waals surface area contributed by atoms with Gasteiger partial charge < -0.3 is 5.32 Å². The van der Waals surface area contributed by atoms with Gasteiger partial charge in [0.1, 0.15) is 11.0 Å². The van der Waals surface area contributed by atoms with Gasteiger partial charge in [0.2, 0.25) is 0 Å². The van der Waals surface area contributed by atoms with E-state index in [0.29, 0.717) is 10.8 Å². The van der Waals surface area contributed by atoms with Crippen molar-refractivity contribution in [1.29, 1.82) is 0 Å². The molecule has 6 nitrogen and oxygen atoms in total. The maximum absolute atomic E-state index is 6.46. The van der Waals surface area contributed by atoms with Crippen LogP contribution < -0.4 is 5.32 Å². The zero-order chi connectivity index (χ0) is 16.8. The molecule has 5 rings (SSSR count). The second kappa shape index (κ2) is 5.74. The number of anilines is 2. The lowest BCUT2D eigenvalue weighted by Gasteiger charge is -2.24. The van der Waals surface area contributed by atoms with Gasteiger partial charge in [0.15, 0.2) is 5.82 Å². The average Bonchev–Trinajstić information content (AvgIpc) is 3.16. The highest BCUT2D eigenvalue weighted by Gasteiger charge is 2.19. The van der Waals surface area contributed by atoms with Gasteiger partial charge in [-0.1, -0.05) is 18.0 Å². The fourth-order valence-electron chi connectivity index (χ4n) is 3.32. The molecule has 1 aliphatic rings. The highest BCUT2D eigenvalue weighted by Crippen LogP contribution is 2.32. The molecule has 126 valence electrons. The number of nitrogens with zero attached hydrogens (tertiary/aromatic N) is 4. The summed E-state index contributed by atoms with van der Waals surface area (Å²) in [4.78, 5) is 4.37. The molecule has 1 aliphatic carbocycles. The number of aromatic nitrogens is 5. The molecular weight excluding hydrogens is 336 g/mol. The van der Waals surface area contributed by atoms with Crippen molar-refractivity contribution in [3.05, 3.63) is 41.7 Å². The smallest absolute Gasteiger partial charge is 0.178 e. The minimum atomic E-state index is 0.639. The summed E-state index contributed by atoms with van der Waals surface area (Å²) in [5, 5.41) is 16.9. The van der Waals surface area contributed by atoms with E-state index in [-0.39, 0.29) is 0 Å². The van der Waals surface area contributed by atoms with Crippen LogP contribution in [0, 0.1) is 5.92 Å². The average molecular weight is 353 g/mol. The lowest BCUT2D eigenvalue weighted by molar-refractivity contribution is 0.267. The van der Waals surface area contributed by atoms with E-state index in [2.05, 4.69) is 37.9 Å². The topological polar surface area (TPSA) is 71.4 Å². The fraction of sp³-hybridized carbons (Fsp3) is 0.278. The molecule has 0 amide bonds. The molecule has 3 aromatic heterocycles. The van der Waals surface area contributed by atoms with Crippen LogP contribution in [0.4, 0.5) is 11.5 Å². The number of halogens is 1. The van der Waals surface area contributed by atoms with E-state index >= 15 is 0 Å². The van der Waals surface area contributed by atoms with Gasteiger partial charge in [0.05, 0.1) is 10.5 Å². The van der Waals surface area contributed by atoms with Gasteiger partial charge in [-0.3, -0.25) is 14.8 Å². The Bertz CT molecular complexity index is 1060. The van der Waals surface area contributed by atoms with Crippen LogP contribution in [0.1, 0.15) is 19.3 Å². The summed E-state index contributed by atoms with van der Waals surface area (Å²) in [5.74, 6) is 1.44. The van der Waals surface area contributed by atoms with E-state index in [1.165, 1.54) is 19.3 Å². The minimum Gasteiger partial charge on any atom is -0.337 e. The Morgan fingerprint density at radius 2 is 2.20 bits per heavy atom. The molecule has 7 heteroatoms. The Hall–Kier alpha value is -2.60. The predicted molar refractivity (Wildman–Crippen MR) is 99.3 cm³/mol. The van der Waals surface area contributed by atoms with Gasteiger partial charge in [-0.25, -0.2) is 0 Å². The summed E-state index contributed by atoms with van der Waals surface area (Å²) in [6.45, 7) is 0.974. The van der Waals surface area contributed by atoms with Crippen LogP contribution in [0.15, 0.2) is 36.7 Å². The second-order valence-electron chi connectivity index (χ2n) is 6.64. The zero-order valence-electron chi connectivity index (χ0n) is 13.5. The van der Waals surface area contributed by atoms with Crippen LogP contribution in [0.5, 0.6) is 0 Å². The van der Waals surface area contributed by atoms with E-state index < -0.39 is 0 Å². The number of rotatable bonds is 4. The SMILES string of the molecule is Clc1cc(Nc2n[nH]c3cccnc23)cc2cn(CC3CCC3)nc12. The molecular formula is C18H17ClN6. The maximum Gasteiger partial charge on any atom is 0.178 e. The Kier molecular flexibility index (Phi) is 3.38. The zero-order valence-corrected chi connectivity index (χ0v) is 14.3. The number of benzene rings is 1. The van der Waals surface area contributed by atoms with Crippen molar-refractivity contribution in [3.63, 3.8) is 0 Å². The summed E-state index contributed by atoms with van der Waals surface area (Å²) >= 11 is 6.46. The first-order valence-electron chi connectivity index (χ1n) is 8.49. The van der Waals surface area contributed by atoms with Crippen molar-refractivity contribution in [2.75, 3.05) is 5.32 Å². The van der Waals surface area contributed by atoms with Gasteiger partial charge >= 0.3 is 0 Å². The van der Waals surface area contributed by atoms with Gasteiger partial charge in [0, 0.05) is 30.0 Å². The Morgan fingerprint density at radius 1 is 1.28 bits per heavy atom. The van der Waals surface area contributed by atoms with Crippen molar-refractivity contribution in [2.24, 2.45) is 5.92 Å². The highest BCUT2D eigenvalue weighted by atomic mass is 35.5. The van der Waals surface area contributed by atoms with E-state index in [9.17, 15) is 0 Å². The monoisotopic (exact) mass is 352 g/mol. The summed E-state index contributed by atoms with van der Waals surface area (Å²) in [6, 6.07) is 7.76. The number of hydrogen-bond donors (Lipinski definition) is 2. The fourth-order valence-corrected chi connectivity index (χ4v) is 3.59. The van der Waals surface area contributed by atoms with E-state index in [4.69, 9.17) is 11.6 Å². The number of pyridine rings is 1. The van der Waals surface area contributed by atoms with Crippen molar-refractivity contribution >= 4 is 45.0 Å². The van der Waals surface area contributed by atoms with Crippen molar-refractivity contribution in [2.45, 2.75) is 25.8 Å². The summed E-state index contributed by atoms with van der Waals surface area (Å²) in [6.07, 6.45) is 7.77. The summed E-state index contributed by atoms with van der Waals surface area (Å²) in [5.41, 5.74) is 3.42. The largest absolute Gasteiger partial charge is 0.337 e. The predicted octanol–water partition coefficient (Wildman–Crippen LogP) is 4.50. The summed E-state index contributed by atoms with van der Waals surface area (Å²) in [7, 11) is 0. The number of H-pyrrole nitrogens is 1. The second-order valence-corrected chi connectivity index (χ2v) is 7.05. The highest BCUT2D eigenvalue weighted by molar-refractivity contribution is 6.35. The third-order valence-corrected chi connectivity index (χ3v) is 5.15. The minimum absolute atomic E-state index is 0.639. The third kappa shape index (κ3) is 2.62. The molecule has 1 saturated carbocycles. The number of hydrogen-bond acceptors (Lipinski definition) is 4. The lowest BCUT2D eigenvalue weighted by Crippen LogP contribution is -2.18. The van der Waals surface area contributed by atoms with E-state index in [1.54, 1.807) is 6.20 Å². The van der Waals surface area contributed by atoms with Crippen molar-refractivity contribution in [3.8, 4) is 0 Å². The molecule has 3 heterocycles. The molecule has 2 N–H and O–H groups in total. The molecule has 0 atom stereocenters. The molecule has 0 unspecified atom stereocenters. The van der Waals surface area contributed by atoms with Crippen LogP contribution in [0.3, 0.4) is 0 Å². The molecule has 0 radical (unpaired) electrons. The van der Waals surface area contributed by atoms with Gasteiger partial charge in [-0.05, 0) is 43.0 Å². The Morgan fingerprint density at radius 3 is 3.04 bits per heavy atom. The van der Waals surface area contributed by atoms with E-state index in [0.717, 1.165) is 40.1 Å². The Labute approximate surface area is 149 Å². The van der Waals surface area contributed by atoms with Gasteiger partial charge in [0.25, 0.3) is 0 Å². The number of nitrogens with one attached hydrogen (secondary N) is 2. The first kappa shape index (κ1) is 14.7.